The van der Waals surface area contributed by atoms with Crippen LogP contribution < -0.4 is 11.1 Å². The molecule has 0 aliphatic rings. The highest BCUT2D eigenvalue weighted by Crippen LogP contribution is 2.39. The second-order valence-electron chi connectivity index (χ2n) is 8.20. The highest BCUT2D eigenvalue weighted by molar-refractivity contribution is 7.78. The SMILES string of the molecule is Cc1c(C(=O)Nc2ccc(CS(=O)O)cc2)cn(Cc2nccc(N)n2)c1-c1ccccc1C(F)(F)F. The van der Waals surface area contributed by atoms with E-state index in [1.807, 2.05) is 0 Å². The number of hydrogen-bond acceptors (Lipinski definition) is 5. The molecule has 4 N–H and O–H groups in total. The topological polar surface area (TPSA) is 123 Å². The van der Waals surface area contributed by atoms with Crippen LogP contribution >= 0.6 is 0 Å². The fourth-order valence-electron chi connectivity index (χ4n) is 3.98. The van der Waals surface area contributed by atoms with E-state index in [2.05, 4.69) is 15.3 Å². The number of rotatable bonds is 7. The van der Waals surface area contributed by atoms with Crippen molar-refractivity contribution in [3.8, 4) is 11.3 Å². The number of benzene rings is 2. The maximum atomic E-state index is 13.9. The third-order valence-electron chi connectivity index (χ3n) is 5.60. The molecule has 4 rings (SSSR count). The molecule has 37 heavy (non-hydrogen) atoms. The highest BCUT2D eigenvalue weighted by atomic mass is 32.2. The minimum Gasteiger partial charge on any atom is -0.384 e. The summed E-state index contributed by atoms with van der Waals surface area (Å²) in [4.78, 5) is 21.5. The van der Waals surface area contributed by atoms with E-state index < -0.39 is 28.7 Å². The lowest BCUT2D eigenvalue weighted by Crippen LogP contribution is -2.12. The van der Waals surface area contributed by atoms with Crippen LogP contribution in [-0.4, -0.2) is 29.2 Å². The van der Waals surface area contributed by atoms with Gasteiger partial charge < -0.3 is 20.2 Å². The van der Waals surface area contributed by atoms with Crippen LogP contribution in [0.25, 0.3) is 11.3 Å². The van der Waals surface area contributed by atoms with Crippen LogP contribution in [-0.2, 0) is 29.6 Å². The van der Waals surface area contributed by atoms with Crippen molar-refractivity contribution in [1.82, 2.24) is 14.5 Å². The Morgan fingerprint density at radius 2 is 1.84 bits per heavy atom. The first-order chi connectivity index (χ1) is 17.5. The van der Waals surface area contributed by atoms with Crippen molar-refractivity contribution in [2.24, 2.45) is 0 Å². The molecule has 0 saturated carbocycles. The van der Waals surface area contributed by atoms with Crippen LogP contribution in [0.15, 0.2) is 67.0 Å². The molecule has 1 unspecified atom stereocenters. The smallest absolute Gasteiger partial charge is 0.384 e. The zero-order valence-electron chi connectivity index (χ0n) is 19.5. The van der Waals surface area contributed by atoms with Gasteiger partial charge >= 0.3 is 6.18 Å². The van der Waals surface area contributed by atoms with Crippen LogP contribution in [0.4, 0.5) is 24.7 Å². The standard InChI is InChI=1S/C25H22F3N5O3S/c1-15-19(24(34)31-17-8-6-16(7-9-17)14-37(35)36)12-33(13-22-30-11-10-21(29)32-22)23(15)18-4-2-3-5-20(18)25(26,27)28/h2-12H,13-14H2,1H3,(H,31,34)(H,35,36)(H2,29,30,32). The maximum Gasteiger partial charge on any atom is 0.417 e. The van der Waals surface area contributed by atoms with E-state index in [-0.39, 0.29) is 40.8 Å². The summed E-state index contributed by atoms with van der Waals surface area (Å²) in [6.45, 7) is 1.56. The number of carbonyl (C=O) groups is 1. The summed E-state index contributed by atoms with van der Waals surface area (Å²) >= 11 is -2.00. The van der Waals surface area contributed by atoms with E-state index in [9.17, 15) is 22.2 Å². The van der Waals surface area contributed by atoms with Gasteiger partial charge in [0.05, 0.1) is 29.1 Å². The minimum atomic E-state index is -4.62. The third-order valence-corrected chi connectivity index (χ3v) is 6.18. The van der Waals surface area contributed by atoms with Gasteiger partial charge in [0, 0.05) is 23.6 Å². The number of nitrogens with one attached hydrogen (secondary N) is 1. The van der Waals surface area contributed by atoms with Crippen molar-refractivity contribution in [2.45, 2.75) is 25.4 Å². The number of nitrogens with two attached hydrogens (primary N) is 1. The Morgan fingerprint density at radius 3 is 2.49 bits per heavy atom. The van der Waals surface area contributed by atoms with Gasteiger partial charge in [0.1, 0.15) is 11.6 Å². The lowest BCUT2D eigenvalue weighted by Gasteiger charge is -2.16. The van der Waals surface area contributed by atoms with Crippen LogP contribution in [0.2, 0.25) is 0 Å². The maximum absolute atomic E-state index is 13.9. The molecule has 1 amide bonds. The van der Waals surface area contributed by atoms with Gasteiger partial charge in [0.15, 0.2) is 11.1 Å². The number of aromatic nitrogens is 3. The third kappa shape index (κ3) is 6.04. The molecule has 0 bridgehead atoms. The molecule has 4 aromatic rings. The molecule has 1 atom stereocenters. The van der Waals surface area contributed by atoms with Gasteiger partial charge in [0.2, 0.25) is 0 Å². The van der Waals surface area contributed by atoms with E-state index in [4.69, 9.17) is 10.3 Å². The second-order valence-corrected chi connectivity index (χ2v) is 9.13. The predicted molar refractivity (Wildman–Crippen MR) is 134 cm³/mol. The van der Waals surface area contributed by atoms with Gasteiger partial charge in [-0.05, 0) is 42.3 Å². The first kappa shape index (κ1) is 26.0. The van der Waals surface area contributed by atoms with E-state index >= 15 is 0 Å². The molecular weight excluding hydrogens is 507 g/mol. The Bertz CT molecular complexity index is 1470. The molecule has 0 spiro atoms. The molecule has 12 heteroatoms. The van der Waals surface area contributed by atoms with Crippen LogP contribution in [0.3, 0.4) is 0 Å². The summed E-state index contributed by atoms with van der Waals surface area (Å²) in [7, 11) is 0. The molecular formula is C25H22F3N5O3S. The summed E-state index contributed by atoms with van der Waals surface area (Å²) in [6.07, 6.45) is -1.71. The first-order valence-electron chi connectivity index (χ1n) is 10.9. The average molecular weight is 530 g/mol. The number of halogens is 3. The summed E-state index contributed by atoms with van der Waals surface area (Å²) in [5.41, 5.74) is 6.54. The Balaban J connectivity index is 1.76. The molecule has 0 aliphatic carbocycles. The van der Waals surface area contributed by atoms with Crippen molar-refractivity contribution >= 4 is 28.5 Å². The number of alkyl halides is 3. The monoisotopic (exact) mass is 529 g/mol. The minimum absolute atomic E-state index is 0.0202. The fraction of sp³-hybridized carbons (Fsp3) is 0.160. The normalized spacial score (nSPS) is 12.4. The molecule has 0 saturated heterocycles. The van der Waals surface area contributed by atoms with E-state index in [0.717, 1.165) is 6.07 Å². The Kier molecular flexibility index (Phi) is 7.41. The van der Waals surface area contributed by atoms with Crippen LogP contribution in [0.1, 0.15) is 32.9 Å². The van der Waals surface area contributed by atoms with Gasteiger partial charge in [-0.15, -0.1) is 0 Å². The Labute approximate surface area is 212 Å². The zero-order chi connectivity index (χ0) is 26.7. The van der Waals surface area contributed by atoms with Crippen molar-refractivity contribution in [2.75, 3.05) is 11.1 Å². The summed E-state index contributed by atoms with van der Waals surface area (Å²) < 4.78 is 63.2. The molecule has 192 valence electrons. The van der Waals surface area contributed by atoms with Gasteiger partial charge in [-0.1, -0.05) is 30.3 Å². The molecule has 2 aromatic heterocycles. The summed E-state index contributed by atoms with van der Waals surface area (Å²) in [6, 6.07) is 13.0. The molecule has 0 radical (unpaired) electrons. The van der Waals surface area contributed by atoms with Crippen molar-refractivity contribution < 1.29 is 26.7 Å². The number of amides is 1. The molecule has 8 nitrogen and oxygen atoms in total. The van der Waals surface area contributed by atoms with Gasteiger partial charge in [0.25, 0.3) is 5.91 Å². The Morgan fingerprint density at radius 1 is 1.14 bits per heavy atom. The quantitative estimate of drug-likeness (QED) is 0.293. The van der Waals surface area contributed by atoms with Gasteiger partial charge in [-0.25, -0.2) is 14.2 Å². The van der Waals surface area contributed by atoms with E-state index in [0.29, 0.717) is 16.8 Å². The van der Waals surface area contributed by atoms with Crippen LogP contribution in [0, 0.1) is 6.92 Å². The van der Waals surface area contributed by atoms with Crippen LogP contribution in [0.5, 0.6) is 0 Å². The average Bonchev–Trinajstić information content (AvgIpc) is 3.15. The van der Waals surface area contributed by atoms with Crippen molar-refractivity contribution in [3.63, 3.8) is 0 Å². The van der Waals surface area contributed by atoms with Crippen molar-refractivity contribution in [1.29, 1.82) is 0 Å². The second kappa shape index (κ2) is 10.5. The highest BCUT2D eigenvalue weighted by Gasteiger charge is 2.35. The number of nitrogens with zero attached hydrogens (tertiary/aromatic N) is 3. The Hall–Kier alpha value is -4.03. The van der Waals surface area contributed by atoms with E-state index in [1.165, 1.54) is 41.2 Å². The fourth-order valence-corrected chi connectivity index (χ4v) is 4.45. The molecule has 2 aromatic carbocycles. The zero-order valence-corrected chi connectivity index (χ0v) is 20.3. The summed E-state index contributed by atoms with van der Waals surface area (Å²) in [5.74, 6) is -0.111. The largest absolute Gasteiger partial charge is 0.417 e. The predicted octanol–water partition coefficient (Wildman–Crippen LogP) is 4.88. The number of carbonyl (C=O) groups excluding carboxylic acids is 1. The first-order valence-corrected chi connectivity index (χ1v) is 12.2. The number of hydrogen-bond donors (Lipinski definition) is 3. The lowest BCUT2D eigenvalue weighted by molar-refractivity contribution is -0.137. The molecule has 0 aliphatic heterocycles. The molecule has 2 heterocycles. The summed E-state index contributed by atoms with van der Waals surface area (Å²) in [5, 5.41) is 2.73. The van der Waals surface area contributed by atoms with Crippen molar-refractivity contribution in [3.05, 3.63) is 95.1 Å². The molecule has 0 fully saturated rings. The number of anilines is 2. The van der Waals surface area contributed by atoms with Gasteiger partial charge in [-0.3, -0.25) is 4.79 Å². The van der Waals surface area contributed by atoms with E-state index in [1.54, 1.807) is 31.2 Å². The lowest BCUT2D eigenvalue weighted by atomic mass is 10.00. The van der Waals surface area contributed by atoms with Gasteiger partial charge in [-0.2, -0.15) is 13.2 Å². The number of nitrogen functional groups attached to an aromatic ring is 1.